The Bertz CT molecular complexity index is 853. The molecule has 0 radical (unpaired) electrons. The molecule has 0 atom stereocenters. The molecular formula is C15H22N4O3S. The normalized spacial score (nSPS) is 12.1. The Morgan fingerprint density at radius 1 is 1.35 bits per heavy atom. The molecule has 1 amide bonds. The first-order chi connectivity index (χ1) is 10.6. The van der Waals surface area contributed by atoms with Crippen LogP contribution in [0.25, 0.3) is 11.0 Å². The fourth-order valence-corrected chi connectivity index (χ4v) is 3.15. The molecule has 23 heavy (non-hydrogen) atoms. The third-order valence-corrected chi connectivity index (χ3v) is 4.33. The van der Waals surface area contributed by atoms with Crippen LogP contribution in [0.15, 0.2) is 6.20 Å². The number of amides is 1. The van der Waals surface area contributed by atoms with E-state index >= 15 is 0 Å². The summed E-state index contributed by atoms with van der Waals surface area (Å²) in [4.78, 5) is 16.3. The zero-order chi connectivity index (χ0) is 17.4. The second-order valence-electron chi connectivity index (χ2n) is 6.02. The minimum atomic E-state index is -3.52. The Morgan fingerprint density at radius 2 is 2.00 bits per heavy atom. The minimum absolute atomic E-state index is 0.0975. The van der Waals surface area contributed by atoms with Gasteiger partial charge in [0.15, 0.2) is 5.65 Å². The molecular weight excluding hydrogens is 316 g/mol. The van der Waals surface area contributed by atoms with Crippen molar-refractivity contribution >= 4 is 27.0 Å². The van der Waals surface area contributed by atoms with Crippen molar-refractivity contribution in [2.24, 2.45) is 0 Å². The largest absolute Gasteiger partial charge is 0.274 e. The maximum absolute atomic E-state index is 11.7. The molecule has 0 unspecified atom stereocenters. The lowest BCUT2D eigenvalue weighted by molar-refractivity contribution is -0.119. The number of fused-ring (bicyclic) bond motifs is 1. The smallest absolute Gasteiger partial charge is 0.233 e. The van der Waals surface area contributed by atoms with E-state index in [1.165, 1.54) is 0 Å². The molecule has 2 aromatic rings. The highest BCUT2D eigenvalue weighted by Crippen LogP contribution is 2.25. The molecule has 0 fully saturated rings. The fourth-order valence-electron chi connectivity index (χ4n) is 2.63. The number of nitrogens with zero attached hydrogens (tertiary/aromatic N) is 3. The Hall–Kier alpha value is -1.96. The van der Waals surface area contributed by atoms with E-state index in [9.17, 15) is 13.2 Å². The SMILES string of the molecule is Cc1nc2c(cnn2C(C)C)c(C)c1CCC(=O)NS(C)(=O)=O. The van der Waals surface area contributed by atoms with Gasteiger partial charge in [-0.3, -0.25) is 9.52 Å². The van der Waals surface area contributed by atoms with Gasteiger partial charge in [-0.25, -0.2) is 18.1 Å². The molecule has 2 aromatic heterocycles. The summed E-state index contributed by atoms with van der Waals surface area (Å²) in [6.07, 6.45) is 3.29. The van der Waals surface area contributed by atoms with Crippen LogP contribution in [0.4, 0.5) is 0 Å². The molecule has 0 saturated heterocycles. The molecule has 0 aliphatic heterocycles. The molecule has 0 aliphatic carbocycles. The van der Waals surface area contributed by atoms with Gasteiger partial charge in [-0.05, 0) is 45.2 Å². The zero-order valence-corrected chi connectivity index (χ0v) is 14.9. The average Bonchev–Trinajstić information content (AvgIpc) is 2.80. The van der Waals surface area contributed by atoms with Crippen LogP contribution in [0.2, 0.25) is 0 Å². The molecule has 2 rings (SSSR count). The van der Waals surface area contributed by atoms with E-state index in [1.54, 1.807) is 6.20 Å². The summed E-state index contributed by atoms with van der Waals surface area (Å²) in [6, 6.07) is 0.213. The Balaban J connectivity index is 2.30. The number of nitrogens with one attached hydrogen (secondary N) is 1. The maximum atomic E-state index is 11.7. The Labute approximate surface area is 136 Å². The van der Waals surface area contributed by atoms with Crippen molar-refractivity contribution in [3.8, 4) is 0 Å². The zero-order valence-electron chi connectivity index (χ0n) is 14.0. The average molecular weight is 338 g/mol. The molecule has 0 aliphatic rings. The van der Waals surface area contributed by atoms with E-state index in [4.69, 9.17) is 0 Å². The molecule has 0 spiro atoms. The van der Waals surface area contributed by atoms with Gasteiger partial charge in [-0.1, -0.05) is 0 Å². The van der Waals surface area contributed by atoms with Gasteiger partial charge in [0, 0.05) is 23.5 Å². The monoisotopic (exact) mass is 338 g/mol. The third-order valence-electron chi connectivity index (χ3n) is 3.73. The summed E-state index contributed by atoms with van der Waals surface area (Å²) in [5, 5.41) is 5.34. The van der Waals surface area contributed by atoms with E-state index in [-0.39, 0.29) is 12.5 Å². The molecule has 7 nitrogen and oxygen atoms in total. The summed E-state index contributed by atoms with van der Waals surface area (Å²) in [7, 11) is -3.52. The van der Waals surface area contributed by atoms with Gasteiger partial charge in [-0.2, -0.15) is 5.10 Å². The number of aromatic nitrogens is 3. The second kappa shape index (κ2) is 6.27. The van der Waals surface area contributed by atoms with E-state index in [0.717, 1.165) is 34.1 Å². The first-order valence-electron chi connectivity index (χ1n) is 7.44. The molecule has 0 aromatic carbocycles. The van der Waals surface area contributed by atoms with Crippen molar-refractivity contribution in [2.45, 2.75) is 46.6 Å². The van der Waals surface area contributed by atoms with Gasteiger partial charge in [0.1, 0.15) is 0 Å². The van der Waals surface area contributed by atoms with Crippen LogP contribution in [-0.2, 0) is 21.2 Å². The first kappa shape index (κ1) is 17.4. The van der Waals surface area contributed by atoms with Crippen LogP contribution < -0.4 is 4.72 Å². The van der Waals surface area contributed by atoms with Gasteiger partial charge in [-0.15, -0.1) is 0 Å². The van der Waals surface area contributed by atoms with Crippen molar-refractivity contribution in [3.63, 3.8) is 0 Å². The van der Waals surface area contributed by atoms with Crippen molar-refractivity contribution in [1.29, 1.82) is 0 Å². The first-order valence-corrected chi connectivity index (χ1v) is 9.33. The lowest BCUT2D eigenvalue weighted by Gasteiger charge is -2.12. The number of pyridine rings is 1. The highest BCUT2D eigenvalue weighted by atomic mass is 32.2. The third kappa shape index (κ3) is 3.87. The Morgan fingerprint density at radius 3 is 2.57 bits per heavy atom. The van der Waals surface area contributed by atoms with E-state index in [1.807, 2.05) is 37.1 Å². The number of hydrogen-bond donors (Lipinski definition) is 1. The summed E-state index contributed by atoms with van der Waals surface area (Å²) < 4.78 is 26.0. The molecule has 126 valence electrons. The predicted octanol–water partition coefficient (Wildman–Crippen LogP) is 1.64. The number of aryl methyl sites for hydroxylation is 2. The van der Waals surface area contributed by atoms with Crippen LogP contribution in [0.5, 0.6) is 0 Å². The van der Waals surface area contributed by atoms with Crippen molar-refractivity contribution in [1.82, 2.24) is 19.5 Å². The van der Waals surface area contributed by atoms with E-state index in [0.29, 0.717) is 6.42 Å². The summed E-state index contributed by atoms with van der Waals surface area (Å²) in [6.45, 7) is 7.96. The van der Waals surface area contributed by atoms with Crippen LogP contribution in [-0.4, -0.2) is 35.3 Å². The van der Waals surface area contributed by atoms with Gasteiger partial charge in [0.05, 0.1) is 12.5 Å². The number of rotatable bonds is 5. The van der Waals surface area contributed by atoms with Crippen LogP contribution in [0.3, 0.4) is 0 Å². The van der Waals surface area contributed by atoms with Gasteiger partial charge in [0.25, 0.3) is 0 Å². The highest BCUT2D eigenvalue weighted by molar-refractivity contribution is 7.89. The lowest BCUT2D eigenvalue weighted by atomic mass is 10.0. The summed E-state index contributed by atoms with van der Waals surface area (Å²) in [5.41, 5.74) is 3.67. The van der Waals surface area contributed by atoms with Crippen LogP contribution in [0.1, 0.15) is 43.1 Å². The topological polar surface area (TPSA) is 93.9 Å². The highest BCUT2D eigenvalue weighted by Gasteiger charge is 2.16. The molecule has 8 heteroatoms. The number of carbonyl (C=O) groups is 1. The van der Waals surface area contributed by atoms with Crippen LogP contribution >= 0.6 is 0 Å². The van der Waals surface area contributed by atoms with E-state index in [2.05, 4.69) is 10.1 Å². The molecule has 0 saturated carbocycles. The number of hydrogen-bond acceptors (Lipinski definition) is 5. The maximum Gasteiger partial charge on any atom is 0.233 e. The number of sulfonamides is 1. The summed E-state index contributed by atoms with van der Waals surface area (Å²) >= 11 is 0. The van der Waals surface area contributed by atoms with Crippen LogP contribution in [0, 0.1) is 13.8 Å². The van der Waals surface area contributed by atoms with Gasteiger partial charge < -0.3 is 0 Å². The Kier molecular flexibility index (Phi) is 4.74. The van der Waals surface area contributed by atoms with Gasteiger partial charge in [0.2, 0.25) is 15.9 Å². The fraction of sp³-hybridized carbons (Fsp3) is 0.533. The summed E-state index contributed by atoms with van der Waals surface area (Å²) in [5.74, 6) is -0.510. The molecule has 2 heterocycles. The molecule has 1 N–H and O–H groups in total. The van der Waals surface area contributed by atoms with Crippen molar-refractivity contribution < 1.29 is 13.2 Å². The quantitative estimate of drug-likeness (QED) is 0.894. The standard InChI is InChI=1S/C15H22N4O3S/c1-9(2)19-15-13(8-16-19)10(3)12(11(4)17-15)6-7-14(20)18-23(5,21)22/h8-9H,6-7H2,1-5H3,(H,18,20). The van der Waals surface area contributed by atoms with Gasteiger partial charge >= 0.3 is 0 Å². The molecule has 0 bridgehead atoms. The second-order valence-corrected chi connectivity index (χ2v) is 7.77. The minimum Gasteiger partial charge on any atom is -0.274 e. The van der Waals surface area contributed by atoms with Crippen molar-refractivity contribution in [3.05, 3.63) is 23.0 Å². The van der Waals surface area contributed by atoms with Crippen molar-refractivity contribution in [2.75, 3.05) is 6.26 Å². The lowest BCUT2D eigenvalue weighted by Crippen LogP contribution is -2.29. The number of carbonyl (C=O) groups excluding carboxylic acids is 1. The predicted molar refractivity (Wildman–Crippen MR) is 88.7 cm³/mol. The van der Waals surface area contributed by atoms with E-state index < -0.39 is 15.9 Å².